The van der Waals surface area contributed by atoms with Crippen LogP contribution in [-0.2, 0) is 4.84 Å². The normalized spacial score (nSPS) is 17.6. The van der Waals surface area contributed by atoms with Crippen LogP contribution in [-0.4, -0.2) is 28.9 Å². The zero-order chi connectivity index (χ0) is 9.26. The fourth-order valence-corrected chi connectivity index (χ4v) is 1.00. The number of hydrogen-bond acceptors (Lipinski definition) is 6. The summed E-state index contributed by atoms with van der Waals surface area (Å²) in [6, 6.07) is 0. The van der Waals surface area contributed by atoms with Crippen molar-refractivity contribution in [3.05, 3.63) is 23.5 Å². The summed E-state index contributed by atoms with van der Waals surface area (Å²) in [6.45, 7) is 0. The van der Waals surface area contributed by atoms with E-state index in [1.165, 1.54) is 19.3 Å². The van der Waals surface area contributed by atoms with Gasteiger partial charge in [-0.1, -0.05) is 5.16 Å². The third kappa shape index (κ3) is 1.12. The number of nitrogens with zero attached hydrogens (tertiary/aromatic N) is 3. The Bertz CT molecular complexity index is 405. The number of oxime groups is 1. The Hall–Kier alpha value is -1.98. The maximum absolute atomic E-state index is 11.2. The lowest BCUT2D eigenvalue weighted by atomic mass is 10.1. The molecule has 0 bridgehead atoms. The summed E-state index contributed by atoms with van der Waals surface area (Å²) in [6.07, 6.45) is 2.84. The number of ketones is 1. The molecule has 13 heavy (non-hydrogen) atoms. The van der Waals surface area contributed by atoms with Crippen LogP contribution in [0.25, 0.3) is 0 Å². The minimum atomic E-state index is -0.244. The lowest BCUT2D eigenvalue weighted by Gasteiger charge is -2.00. The van der Waals surface area contributed by atoms with Gasteiger partial charge >= 0.3 is 0 Å². The van der Waals surface area contributed by atoms with Crippen molar-refractivity contribution < 1.29 is 14.3 Å². The molecule has 0 atom stereocenters. The van der Waals surface area contributed by atoms with Gasteiger partial charge in [0, 0.05) is 0 Å². The maximum atomic E-state index is 11.2. The topological polar surface area (TPSA) is 77.6 Å². The van der Waals surface area contributed by atoms with E-state index in [9.17, 15) is 4.79 Å². The van der Waals surface area contributed by atoms with Gasteiger partial charge in [0.25, 0.3) is 0 Å². The van der Waals surface area contributed by atoms with Crippen LogP contribution in [0.1, 0.15) is 16.2 Å². The van der Waals surface area contributed by atoms with Gasteiger partial charge in [-0.2, -0.15) is 0 Å². The average molecular weight is 179 g/mol. The van der Waals surface area contributed by atoms with Gasteiger partial charge in [-0.15, -0.1) is 0 Å². The van der Waals surface area contributed by atoms with Crippen LogP contribution in [0, 0.1) is 0 Å². The van der Waals surface area contributed by atoms with Crippen molar-refractivity contribution in [2.45, 2.75) is 0 Å². The first kappa shape index (κ1) is 7.66. The van der Waals surface area contributed by atoms with Crippen LogP contribution >= 0.6 is 0 Å². The molecule has 0 aromatic carbocycles. The second-order valence-corrected chi connectivity index (χ2v) is 2.32. The molecule has 0 saturated carbocycles. The van der Waals surface area contributed by atoms with E-state index >= 15 is 0 Å². The highest BCUT2D eigenvalue weighted by atomic mass is 16.6. The number of aromatic nitrogens is 2. The Kier molecular flexibility index (Phi) is 1.66. The first-order valence-electron chi connectivity index (χ1n) is 3.49. The van der Waals surface area contributed by atoms with Crippen molar-refractivity contribution in [1.82, 2.24) is 10.3 Å². The highest BCUT2D eigenvalue weighted by molar-refractivity contribution is 6.21. The van der Waals surface area contributed by atoms with Crippen LogP contribution in [0.2, 0.25) is 0 Å². The van der Waals surface area contributed by atoms with Gasteiger partial charge in [-0.3, -0.25) is 4.79 Å². The van der Waals surface area contributed by atoms with E-state index in [4.69, 9.17) is 0 Å². The summed E-state index contributed by atoms with van der Waals surface area (Å²) in [5.74, 6) is -0.244. The van der Waals surface area contributed by atoms with Crippen molar-refractivity contribution in [2.75, 3.05) is 7.11 Å². The number of carbonyl (C=O) groups is 1. The van der Waals surface area contributed by atoms with E-state index < -0.39 is 0 Å². The van der Waals surface area contributed by atoms with Crippen LogP contribution in [0.3, 0.4) is 0 Å². The second kappa shape index (κ2) is 2.81. The third-order valence-corrected chi connectivity index (χ3v) is 1.55. The largest absolute Gasteiger partial charge is 0.399 e. The lowest BCUT2D eigenvalue weighted by molar-refractivity contribution is 0.103. The van der Waals surface area contributed by atoms with E-state index in [-0.39, 0.29) is 11.5 Å². The van der Waals surface area contributed by atoms with Crippen LogP contribution < -0.4 is 0 Å². The smallest absolute Gasteiger partial charge is 0.210 e. The number of allylic oxidation sites excluding steroid dienone is 2. The van der Waals surface area contributed by atoms with Crippen molar-refractivity contribution in [3.8, 4) is 0 Å². The molecular weight excluding hydrogens is 174 g/mol. The lowest BCUT2D eigenvalue weighted by Crippen LogP contribution is -2.12. The van der Waals surface area contributed by atoms with Gasteiger partial charge in [0.05, 0.1) is 0 Å². The predicted octanol–water partition coefficient (Wildman–Crippen LogP) is 0.173. The quantitative estimate of drug-likeness (QED) is 0.574. The van der Waals surface area contributed by atoms with Crippen LogP contribution in [0.5, 0.6) is 0 Å². The van der Waals surface area contributed by atoms with E-state index in [1.807, 2.05) is 0 Å². The third-order valence-electron chi connectivity index (χ3n) is 1.55. The monoisotopic (exact) mass is 179 g/mol. The molecule has 6 nitrogen and oxygen atoms in total. The molecule has 2 rings (SSSR count). The van der Waals surface area contributed by atoms with E-state index in [1.54, 1.807) is 0 Å². The van der Waals surface area contributed by atoms with Gasteiger partial charge in [-0.25, -0.2) is 4.63 Å². The zero-order valence-electron chi connectivity index (χ0n) is 6.72. The predicted molar refractivity (Wildman–Crippen MR) is 41.3 cm³/mol. The first-order valence-corrected chi connectivity index (χ1v) is 3.49. The number of hydrogen-bond donors (Lipinski definition) is 0. The van der Waals surface area contributed by atoms with Gasteiger partial charge in [0.2, 0.25) is 5.78 Å². The zero-order valence-corrected chi connectivity index (χ0v) is 6.72. The highest BCUT2D eigenvalue weighted by Crippen LogP contribution is 2.12. The van der Waals surface area contributed by atoms with Gasteiger partial charge in [0.15, 0.2) is 11.4 Å². The molecule has 0 saturated heterocycles. The summed E-state index contributed by atoms with van der Waals surface area (Å²) < 4.78 is 4.42. The second-order valence-electron chi connectivity index (χ2n) is 2.32. The molecule has 1 heterocycles. The van der Waals surface area contributed by atoms with Gasteiger partial charge < -0.3 is 4.84 Å². The van der Waals surface area contributed by atoms with Crippen molar-refractivity contribution >= 4 is 11.5 Å². The van der Waals surface area contributed by atoms with Crippen LogP contribution in [0.4, 0.5) is 0 Å². The van der Waals surface area contributed by atoms with Crippen LogP contribution in [0.15, 0.2) is 21.9 Å². The fourth-order valence-electron chi connectivity index (χ4n) is 1.00. The van der Waals surface area contributed by atoms with E-state index in [2.05, 4.69) is 24.9 Å². The minimum Gasteiger partial charge on any atom is -0.399 e. The highest BCUT2D eigenvalue weighted by Gasteiger charge is 2.24. The Morgan fingerprint density at radius 2 is 2.15 bits per heavy atom. The number of carbonyl (C=O) groups excluding carboxylic acids is 1. The molecule has 0 aliphatic heterocycles. The molecule has 0 N–H and O–H groups in total. The number of rotatable bonds is 1. The molecular formula is C7H5N3O3. The molecule has 0 fully saturated rings. The van der Waals surface area contributed by atoms with E-state index in [0.29, 0.717) is 11.4 Å². The fraction of sp³-hybridized carbons (Fsp3) is 0.143. The molecule has 0 radical (unpaired) electrons. The van der Waals surface area contributed by atoms with Crippen molar-refractivity contribution in [2.24, 2.45) is 5.16 Å². The molecule has 1 aliphatic rings. The Morgan fingerprint density at radius 1 is 1.38 bits per heavy atom. The molecule has 1 aromatic heterocycles. The maximum Gasteiger partial charge on any atom is 0.210 e. The summed E-state index contributed by atoms with van der Waals surface area (Å²) in [5.41, 5.74) is 0.908. The first-order chi connectivity index (χ1) is 6.33. The van der Waals surface area contributed by atoms with Crippen molar-refractivity contribution in [1.29, 1.82) is 0 Å². The molecule has 1 aliphatic carbocycles. The van der Waals surface area contributed by atoms with Gasteiger partial charge in [-0.05, 0) is 22.5 Å². The molecule has 0 unspecified atom stereocenters. The minimum absolute atomic E-state index is 0.165. The molecule has 0 spiro atoms. The van der Waals surface area contributed by atoms with Crippen molar-refractivity contribution in [3.63, 3.8) is 0 Å². The summed E-state index contributed by atoms with van der Waals surface area (Å²) in [4.78, 5) is 15.7. The standard InChI is InChI=1S/C7H5N3O3/c1-12-8-4-2-3-5(11)7-6(4)9-13-10-7/h2-3H,1H3/b8-4-. The molecule has 1 aromatic rings. The summed E-state index contributed by atoms with van der Waals surface area (Å²) >= 11 is 0. The Morgan fingerprint density at radius 3 is 2.92 bits per heavy atom. The molecule has 6 heteroatoms. The average Bonchev–Trinajstić information content (AvgIpc) is 2.59. The van der Waals surface area contributed by atoms with E-state index in [0.717, 1.165) is 0 Å². The summed E-state index contributed by atoms with van der Waals surface area (Å²) in [7, 11) is 1.41. The molecule has 0 amide bonds. The molecule has 66 valence electrons. The Balaban J connectivity index is 2.54. The summed E-state index contributed by atoms with van der Waals surface area (Å²) in [5, 5.41) is 10.6. The van der Waals surface area contributed by atoms with Gasteiger partial charge in [0.1, 0.15) is 12.8 Å². The SMILES string of the molecule is CO/N=C1/C=CC(=O)c2nonc21. The number of fused-ring (bicyclic) bond motifs is 1. The Labute approximate surface area is 72.8 Å².